The average Bonchev–Trinajstić information content (AvgIpc) is 2.82. The molecule has 2 aromatic rings. The van der Waals surface area contributed by atoms with E-state index in [9.17, 15) is 9.90 Å². The molecule has 20 heavy (non-hydrogen) atoms. The molecule has 3 N–H and O–H groups in total. The van der Waals surface area contributed by atoms with Gasteiger partial charge in [-0.15, -0.1) is 0 Å². The van der Waals surface area contributed by atoms with Gasteiger partial charge in [0, 0.05) is 18.1 Å². The third kappa shape index (κ3) is 2.56. The van der Waals surface area contributed by atoms with Crippen molar-refractivity contribution < 1.29 is 9.90 Å². The fourth-order valence-corrected chi connectivity index (χ4v) is 2.71. The lowest BCUT2D eigenvalue weighted by molar-refractivity contribution is 0.0697. The Morgan fingerprint density at radius 2 is 1.95 bits per heavy atom. The number of carboxylic acids is 1. The van der Waals surface area contributed by atoms with Crippen LogP contribution in [-0.4, -0.2) is 22.2 Å². The van der Waals surface area contributed by atoms with Crippen molar-refractivity contribution in [3.8, 4) is 0 Å². The predicted molar refractivity (Wildman–Crippen MR) is 81.3 cm³/mol. The van der Waals surface area contributed by atoms with E-state index >= 15 is 0 Å². The molecule has 4 nitrogen and oxygen atoms in total. The Labute approximate surface area is 119 Å². The Kier molecular flexibility index (Phi) is 4.45. The summed E-state index contributed by atoms with van der Waals surface area (Å²) >= 11 is 0. The van der Waals surface area contributed by atoms with E-state index in [1.807, 2.05) is 0 Å². The van der Waals surface area contributed by atoms with E-state index < -0.39 is 5.97 Å². The zero-order valence-electron chi connectivity index (χ0n) is 12.1. The molecule has 0 unspecified atom stereocenters. The van der Waals surface area contributed by atoms with E-state index in [-0.39, 0.29) is 0 Å². The van der Waals surface area contributed by atoms with Gasteiger partial charge in [-0.1, -0.05) is 13.8 Å². The number of carbonyl (C=O) groups is 1. The van der Waals surface area contributed by atoms with Gasteiger partial charge in [-0.2, -0.15) is 0 Å². The van der Waals surface area contributed by atoms with Crippen LogP contribution in [-0.2, 0) is 19.4 Å². The van der Waals surface area contributed by atoms with E-state index in [4.69, 9.17) is 5.73 Å². The number of hydrogen-bond acceptors (Lipinski definition) is 2. The van der Waals surface area contributed by atoms with Crippen LogP contribution in [0.4, 0.5) is 0 Å². The summed E-state index contributed by atoms with van der Waals surface area (Å²) in [6.07, 6.45) is 4.80. The number of aromatic carboxylic acids is 1. The molecular weight excluding hydrogens is 252 g/mol. The first kappa shape index (κ1) is 14.6. The van der Waals surface area contributed by atoms with Crippen LogP contribution < -0.4 is 5.73 Å². The van der Waals surface area contributed by atoms with Crippen LogP contribution in [0.25, 0.3) is 10.9 Å². The molecule has 0 bridgehead atoms. The number of benzene rings is 1. The number of aromatic nitrogens is 1. The van der Waals surface area contributed by atoms with Crippen LogP contribution in [0.5, 0.6) is 0 Å². The molecule has 0 atom stereocenters. The summed E-state index contributed by atoms with van der Waals surface area (Å²) in [4.78, 5) is 11.3. The Morgan fingerprint density at radius 3 is 2.50 bits per heavy atom. The topological polar surface area (TPSA) is 68.2 Å². The number of hydrogen-bond donors (Lipinski definition) is 2. The minimum absolute atomic E-state index is 0.376. The SMILES string of the molecule is CCc1cn(CCCN)c2c(CC)cc(C(=O)O)cc12. The van der Waals surface area contributed by atoms with Crippen LogP contribution >= 0.6 is 0 Å². The molecule has 0 fully saturated rings. The van der Waals surface area contributed by atoms with Gasteiger partial charge in [0.25, 0.3) is 0 Å². The monoisotopic (exact) mass is 274 g/mol. The lowest BCUT2D eigenvalue weighted by atomic mass is 10.0. The van der Waals surface area contributed by atoms with Crippen molar-refractivity contribution in [3.63, 3.8) is 0 Å². The summed E-state index contributed by atoms with van der Waals surface area (Å²) in [6, 6.07) is 3.59. The summed E-state index contributed by atoms with van der Waals surface area (Å²) in [5.74, 6) is -0.863. The molecule has 0 saturated heterocycles. The Hall–Kier alpha value is -1.81. The summed E-state index contributed by atoms with van der Waals surface area (Å²) in [6.45, 7) is 5.70. The lowest BCUT2D eigenvalue weighted by Crippen LogP contribution is -2.06. The number of nitrogens with two attached hydrogens (primary N) is 1. The number of fused-ring (bicyclic) bond motifs is 1. The zero-order chi connectivity index (χ0) is 14.7. The zero-order valence-corrected chi connectivity index (χ0v) is 12.1. The highest BCUT2D eigenvalue weighted by Crippen LogP contribution is 2.28. The fourth-order valence-electron chi connectivity index (χ4n) is 2.71. The Balaban J connectivity index is 2.68. The van der Waals surface area contributed by atoms with Crippen molar-refractivity contribution in [2.24, 2.45) is 5.73 Å². The molecule has 0 aliphatic carbocycles. The lowest BCUT2D eigenvalue weighted by Gasteiger charge is -2.09. The minimum atomic E-state index is -0.863. The molecule has 0 spiro atoms. The summed E-state index contributed by atoms with van der Waals surface area (Å²) < 4.78 is 2.23. The van der Waals surface area contributed by atoms with Gasteiger partial charge >= 0.3 is 5.97 Å². The molecule has 1 aromatic heterocycles. The molecule has 0 aliphatic heterocycles. The van der Waals surface area contributed by atoms with Crippen LogP contribution in [0.3, 0.4) is 0 Å². The smallest absolute Gasteiger partial charge is 0.335 e. The molecule has 108 valence electrons. The maximum absolute atomic E-state index is 11.3. The van der Waals surface area contributed by atoms with Gasteiger partial charge in [-0.3, -0.25) is 0 Å². The number of rotatable bonds is 6. The standard InChI is InChI=1S/C16H22N2O2/c1-3-11-8-13(16(19)20)9-14-12(4-2)10-18(15(11)14)7-5-6-17/h8-10H,3-7,17H2,1-2H3,(H,19,20). The van der Waals surface area contributed by atoms with Gasteiger partial charge < -0.3 is 15.4 Å². The normalized spacial score (nSPS) is 11.2. The predicted octanol–water partition coefficient (Wildman–Crippen LogP) is 2.81. The van der Waals surface area contributed by atoms with Crippen LogP contribution in [0.2, 0.25) is 0 Å². The van der Waals surface area contributed by atoms with Crippen LogP contribution in [0.1, 0.15) is 41.8 Å². The largest absolute Gasteiger partial charge is 0.478 e. The molecule has 2 rings (SSSR count). The molecule has 0 radical (unpaired) electrons. The second-order valence-electron chi connectivity index (χ2n) is 5.03. The second-order valence-corrected chi connectivity index (χ2v) is 5.03. The van der Waals surface area contributed by atoms with E-state index in [1.165, 1.54) is 11.1 Å². The Morgan fingerprint density at radius 1 is 1.25 bits per heavy atom. The van der Waals surface area contributed by atoms with Gasteiger partial charge in [0.15, 0.2) is 0 Å². The van der Waals surface area contributed by atoms with Gasteiger partial charge in [-0.05, 0) is 49.1 Å². The molecule has 0 amide bonds. The molecule has 0 saturated carbocycles. The first-order chi connectivity index (χ1) is 9.62. The second kappa shape index (κ2) is 6.09. The quantitative estimate of drug-likeness (QED) is 0.851. The molecule has 1 aromatic carbocycles. The average molecular weight is 274 g/mol. The number of nitrogens with zero attached hydrogens (tertiary/aromatic N) is 1. The fraction of sp³-hybridized carbons (Fsp3) is 0.438. The first-order valence-corrected chi connectivity index (χ1v) is 7.20. The van der Waals surface area contributed by atoms with Crippen molar-refractivity contribution in [1.82, 2.24) is 4.57 Å². The third-order valence-corrected chi connectivity index (χ3v) is 3.75. The number of carboxylic acid groups (broad SMARTS) is 1. The molecule has 1 heterocycles. The maximum atomic E-state index is 11.3. The highest BCUT2D eigenvalue weighted by atomic mass is 16.4. The molecule has 4 heteroatoms. The maximum Gasteiger partial charge on any atom is 0.335 e. The van der Waals surface area contributed by atoms with Gasteiger partial charge in [0.05, 0.1) is 11.1 Å². The van der Waals surface area contributed by atoms with E-state index in [1.54, 1.807) is 12.1 Å². The van der Waals surface area contributed by atoms with Crippen LogP contribution in [0.15, 0.2) is 18.3 Å². The molecule has 0 aliphatic rings. The molecular formula is C16H22N2O2. The highest BCUT2D eigenvalue weighted by molar-refractivity contribution is 5.96. The minimum Gasteiger partial charge on any atom is -0.478 e. The van der Waals surface area contributed by atoms with Crippen molar-refractivity contribution >= 4 is 16.9 Å². The first-order valence-electron chi connectivity index (χ1n) is 7.20. The van der Waals surface area contributed by atoms with Gasteiger partial charge in [0.2, 0.25) is 0 Å². The van der Waals surface area contributed by atoms with E-state index in [0.29, 0.717) is 12.1 Å². The number of aryl methyl sites for hydroxylation is 3. The van der Waals surface area contributed by atoms with Gasteiger partial charge in [0.1, 0.15) is 0 Å². The van der Waals surface area contributed by atoms with Gasteiger partial charge in [-0.25, -0.2) is 4.79 Å². The van der Waals surface area contributed by atoms with Crippen molar-refractivity contribution in [2.75, 3.05) is 6.54 Å². The van der Waals surface area contributed by atoms with Crippen molar-refractivity contribution in [1.29, 1.82) is 0 Å². The highest BCUT2D eigenvalue weighted by Gasteiger charge is 2.14. The van der Waals surface area contributed by atoms with Crippen molar-refractivity contribution in [2.45, 2.75) is 39.7 Å². The van der Waals surface area contributed by atoms with Crippen molar-refractivity contribution in [3.05, 3.63) is 35.0 Å². The summed E-state index contributed by atoms with van der Waals surface area (Å²) in [7, 11) is 0. The van der Waals surface area contributed by atoms with E-state index in [0.717, 1.165) is 36.8 Å². The Bertz CT molecular complexity index is 629. The summed E-state index contributed by atoms with van der Waals surface area (Å²) in [5.41, 5.74) is 9.45. The van der Waals surface area contributed by atoms with Crippen LogP contribution in [0, 0.1) is 0 Å². The van der Waals surface area contributed by atoms with E-state index in [2.05, 4.69) is 24.6 Å². The third-order valence-electron chi connectivity index (χ3n) is 3.75. The summed E-state index contributed by atoms with van der Waals surface area (Å²) in [5, 5.41) is 10.3.